The summed E-state index contributed by atoms with van der Waals surface area (Å²) in [5.74, 6) is -2.67. The molecule has 3 saturated heterocycles. The summed E-state index contributed by atoms with van der Waals surface area (Å²) in [6, 6.07) is 5.82. The van der Waals surface area contributed by atoms with Gasteiger partial charge in [0.25, 0.3) is 0 Å². The maximum Gasteiger partial charge on any atom is 0.412 e. The van der Waals surface area contributed by atoms with Crippen LogP contribution in [0.3, 0.4) is 0 Å². The van der Waals surface area contributed by atoms with Crippen molar-refractivity contribution in [3.05, 3.63) is 29.8 Å². The standard InChI is InChI=1S/C38H60N4O20/c1-54-14-24-34(50)27(13-46)60-30(35(24)62-38(53)40-7-6-39)18-56-16-23-32(48)26(12-45)59-29(33(23)49)17-55-15-22-28(19-57-25(11-44)31(22)47)61-37(52)42-9-8-41-36(51)58-21-4-2-20(10-43)3-5-21/h2-5,10,22-35,44-50H,6-9,11-19,39H2,1H3,(H,40,53)(H,41,51)(H,42,52). The average Bonchev–Trinajstić information content (AvgIpc) is 3.26. The monoisotopic (exact) mass is 892 g/mol. The summed E-state index contributed by atoms with van der Waals surface area (Å²) in [6.45, 7) is -3.24. The van der Waals surface area contributed by atoms with Crippen molar-refractivity contribution in [3.63, 3.8) is 0 Å². The third kappa shape index (κ3) is 14.3. The quantitative estimate of drug-likeness (QED) is 0.0387. The number of nitrogens with one attached hydrogen (secondary N) is 3. The van der Waals surface area contributed by atoms with E-state index in [1.54, 1.807) is 0 Å². The molecule has 24 nitrogen and oxygen atoms in total. The smallest absolute Gasteiger partial charge is 0.412 e. The first kappa shape index (κ1) is 50.8. The van der Waals surface area contributed by atoms with Gasteiger partial charge >= 0.3 is 18.3 Å². The summed E-state index contributed by atoms with van der Waals surface area (Å²) < 4.78 is 50.2. The zero-order chi connectivity index (χ0) is 45.2. The number of nitrogens with two attached hydrogens (primary N) is 1. The van der Waals surface area contributed by atoms with Gasteiger partial charge < -0.3 is 100 Å². The molecule has 0 bridgehead atoms. The minimum Gasteiger partial charge on any atom is -0.443 e. The van der Waals surface area contributed by atoms with Gasteiger partial charge in [0.05, 0.1) is 95.7 Å². The van der Waals surface area contributed by atoms with Crippen molar-refractivity contribution in [3.8, 4) is 5.75 Å². The first-order chi connectivity index (χ1) is 29.9. The number of methoxy groups -OCH3 is 1. The number of hydrogen-bond donors (Lipinski definition) is 11. The van der Waals surface area contributed by atoms with E-state index in [0.717, 1.165) is 0 Å². The Hall–Kier alpha value is -3.86. The van der Waals surface area contributed by atoms with Crippen LogP contribution in [0.1, 0.15) is 10.4 Å². The molecule has 1 aromatic carbocycles. The minimum atomic E-state index is -1.45. The molecule has 352 valence electrons. The summed E-state index contributed by atoms with van der Waals surface area (Å²) in [4.78, 5) is 48.1. The van der Waals surface area contributed by atoms with Crippen LogP contribution in [0.5, 0.6) is 5.75 Å². The molecular weight excluding hydrogens is 832 g/mol. The van der Waals surface area contributed by atoms with Crippen LogP contribution in [0.25, 0.3) is 0 Å². The number of carbonyl (C=O) groups excluding carboxylic acids is 4. The third-order valence-corrected chi connectivity index (χ3v) is 10.6. The molecule has 0 aromatic heterocycles. The number of aldehydes is 1. The van der Waals surface area contributed by atoms with Crippen LogP contribution in [0.2, 0.25) is 0 Å². The van der Waals surface area contributed by atoms with Crippen LogP contribution < -0.4 is 26.4 Å². The molecule has 62 heavy (non-hydrogen) atoms. The van der Waals surface area contributed by atoms with Crippen molar-refractivity contribution in [2.45, 2.75) is 67.1 Å². The van der Waals surface area contributed by atoms with E-state index in [2.05, 4.69) is 16.0 Å². The number of ether oxygens (including phenoxy) is 9. The molecule has 24 heteroatoms. The van der Waals surface area contributed by atoms with E-state index in [-0.39, 0.29) is 71.6 Å². The Morgan fingerprint density at radius 1 is 0.677 bits per heavy atom. The summed E-state index contributed by atoms with van der Waals surface area (Å²) in [6.07, 6.45) is -15.2. The van der Waals surface area contributed by atoms with Crippen LogP contribution in [0, 0.1) is 17.8 Å². The highest BCUT2D eigenvalue weighted by atomic mass is 16.6. The molecule has 3 heterocycles. The largest absolute Gasteiger partial charge is 0.443 e. The number of aliphatic hydroxyl groups excluding tert-OH is 7. The molecule has 0 radical (unpaired) electrons. The van der Waals surface area contributed by atoms with Gasteiger partial charge in [-0.2, -0.15) is 0 Å². The number of aliphatic hydroxyl groups is 7. The number of hydrogen-bond acceptors (Lipinski definition) is 21. The lowest BCUT2D eigenvalue weighted by molar-refractivity contribution is -0.244. The van der Waals surface area contributed by atoms with Gasteiger partial charge in [-0.3, -0.25) is 4.79 Å². The topological polar surface area (TPSA) is 355 Å². The summed E-state index contributed by atoms with van der Waals surface area (Å²) in [5, 5.41) is 81.2. The van der Waals surface area contributed by atoms with Crippen LogP contribution in [0.15, 0.2) is 24.3 Å². The molecule has 3 aliphatic rings. The normalized spacial score (nSPS) is 32.3. The molecule has 3 aliphatic heterocycles. The maximum absolute atomic E-state index is 12.7. The molecule has 0 spiro atoms. The maximum atomic E-state index is 12.7. The highest BCUT2D eigenvalue weighted by Crippen LogP contribution is 2.32. The Labute approximate surface area is 356 Å². The second kappa shape index (κ2) is 26.1. The number of amides is 3. The van der Waals surface area contributed by atoms with E-state index in [9.17, 15) is 54.9 Å². The van der Waals surface area contributed by atoms with Gasteiger partial charge in [0.2, 0.25) is 0 Å². The third-order valence-electron chi connectivity index (χ3n) is 10.6. The van der Waals surface area contributed by atoms with E-state index in [1.807, 2.05) is 0 Å². The molecule has 0 saturated carbocycles. The summed E-state index contributed by atoms with van der Waals surface area (Å²) in [5.41, 5.74) is 5.87. The van der Waals surface area contributed by atoms with Crippen LogP contribution >= 0.6 is 0 Å². The zero-order valence-corrected chi connectivity index (χ0v) is 34.2. The highest BCUT2D eigenvalue weighted by molar-refractivity contribution is 5.75. The average molecular weight is 893 g/mol. The lowest BCUT2D eigenvalue weighted by Crippen LogP contribution is -2.60. The molecule has 14 atom stereocenters. The second-order valence-electron chi connectivity index (χ2n) is 14.8. The highest BCUT2D eigenvalue weighted by Gasteiger charge is 2.49. The number of carbonyl (C=O) groups is 4. The van der Waals surface area contributed by atoms with E-state index in [4.69, 9.17) is 48.4 Å². The lowest BCUT2D eigenvalue weighted by Gasteiger charge is -2.44. The van der Waals surface area contributed by atoms with Crippen LogP contribution in [-0.2, 0) is 37.9 Å². The van der Waals surface area contributed by atoms with E-state index >= 15 is 0 Å². The Morgan fingerprint density at radius 2 is 1.21 bits per heavy atom. The fraction of sp³-hybridized carbons (Fsp3) is 0.737. The Kier molecular flexibility index (Phi) is 21.3. The molecule has 3 amide bonds. The molecule has 3 fully saturated rings. The Bertz CT molecular complexity index is 1520. The van der Waals surface area contributed by atoms with Crippen molar-refractivity contribution < 1.29 is 97.6 Å². The van der Waals surface area contributed by atoms with Gasteiger partial charge in [-0.15, -0.1) is 0 Å². The van der Waals surface area contributed by atoms with Gasteiger partial charge in [-0.25, -0.2) is 14.4 Å². The van der Waals surface area contributed by atoms with E-state index in [0.29, 0.717) is 11.8 Å². The van der Waals surface area contributed by atoms with Crippen LogP contribution in [0.4, 0.5) is 14.4 Å². The predicted molar refractivity (Wildman–Crippen MR) is 208 cm³/mol. The predicted octanol–water partition coefficient (Wildman–Crippen LogP) is -4.38. The molecule has 14 unspecified atom stereocenters. The van der Waals surface area contributed by atoms with Gasteiger partial charge in [-0.05, 0) is 24.3 Å². The van der Waals surface area contributed by atoms with Crippen molar-refractivity contribution >= 4 is 24.6 Å². The molecular formula is C38H60N4O20. The van der Waals surface area contributed by atoms with Gasteiger partial charge in [0, 0.05) is 44.8 Å². The number of benzene rings is 1. The Morgan fingerprint density at radius 3 is 1.82 bits per heavy atom. The fourth-order valence-corrected chi connectivity index (χ4v) is 7.26. The van der Waals surface area contributed by atoms with Crippen molar-refractivity contribution in [1.29, 1.82) is 0 Å². The Balaban J connectivity index is 1.31. The second-order valence-corrected chi connectivity index (χ2v) is 14.8. The molecule has 12 N–H and O–H groups in total. The molecule has 0 aliphatic carbocycles. The lowest BCUT2D eigenvalue weighted by atomic mass is 9.86. The summed E-state index contributed by atoms with van der Waals surface area (Å²) in [7, 11) is 1.38. The zero-order valence-electron chi connectivity index (χ0n) is 34.2. The number of alkyl carbamates (subject to hydrolysis) is 2. The van der Waals surface area contributed by atoms with Gasteiger partial charge in [0.1, 0.15) is 54.8 Å². The SMILES string of the molecule is COCC1C(O)C(CO)OC(COCC2C(O)C(CO)OC(COCC3C(OC(=O)NCCNC(=O)Oc4ccc(C=O)cc4)COC(CO)C3O)C2O)C1OC(=O)NCCN. The number of rotatable bonds is 22. The van der Waals surface area contributed by atoms with Crippen molar-refractivity contribution in [2.24, 2.45) is 23.5 Å². The first-order valence-electron chi connectivity index (χ1n) is 20.1. The van der Waals surface area contributed by atoms with Gasteiger partial charge in [-0.1, -0.05) is 0 Å². The van der Waals surface area contributed by atoms with Crippen LogP contribution in [-0.4, -0.2) is 220 Å². The molecule has 4 rings (SSSR count). The van der Waals surface area contributed by atoms with Crippen molar-refractivity contribution in [1.82, 2.24) is 16.0 Å². The molecule has 1 aromatic rings. The fourth-order valence-electron chi connectivity index (χ4n) is 7.26. The minimum absolute atomic E-state index is 0.0522. The summed E-state index contributed by atoms with van der Waals surface area (Å²) >= 11 is 0. The first-order valence-corrected chi connectivity index (χ1v) is 20.1. The van der Waals surface area contributed by atoms with E-state index in [1.165, 1.54) is 31.4 Å². The van der Waals surface area contributed by atoms with Gasteiger partial charge in [0.15, 0.2) is 0 Å². The van der Waals surface area contributed by atoms with E-state index < -0.39 is 123 Å². The van der Waals surface area contributed by atoms with Crippen molar-refractivity contribution in [2.75, 3.05) is 92.8 Å².